The second-order valence-corrected chi connectivity index (χ2v) is 11.1. The number of nitrogens with zero attached hydrogens (tertiary/aromatic N) is 5. The van der Waals surface area contributed by atoms with Crippen molar-refractivity contribution < 1.29 is 0 Å². The Morgan fingerprint density at radius 1 is 1.08 bits per heavy atom. The van der Waals surface area contributed by atoms with Crippen LogP contribution < -0.4 is 10.9 Å². The van der Waals surface area contributed by atoms with Crippen molar-refractivity contribution in [2.24, 2.45) is 0 Å². The molecule has 0 aliphatic carbocycles. The van der Waals surface area contributed by atoms with Crippen molar-refractivity contribution in [1.82, 2.24) is 34.9 Å². The normalized spacial score (nSPS) is 17.7. The first-order chi connectivity index (χ1) is 18.7. The second-order valence-electron chi connectivity index (χ2n) is 10.7. The summed E-state index contributed by atoms with van der Waals surface area (Å²) in [6, 6.07) is 8.45. The zero-order chi connectivity index (χ0) is 28.1. The molecule has 1 aliphatic heterocycles. The maximum atomic E-state index is 12.8. The largest absolute Gasteiger partial charge is 0.310 e. The molecule has 2 N–H and O–H groups in total. The topological polar surface area (TPSA) is 91.7 Å². The van der Waals surface area contributed by atoms with Gasteiger partial charge in [0.1, 0.15) is 5.82 Å². The van der Waals surface area contributed by atoms with Crippen LogP contribution in [0.4, 0.5) is 0 Å². The predicted molar refractivity (Wildman–Crippen MR) is 159 cm³/mol. The zero-order valence-electron chi connectivity index (χ0n) is 23.9. The molecule has 2 atom stereocenters. The number of H-pyrrole nitrogens is 1. The maximum Gasteiger partial charge on any atom is 0.258 e. The molecule has 8 nitrogen and oxygen atoms in total. The highest BCUT2D eigenvalue weighted by Crippen LogP contribution is 2.24. The SMILES string of the molecule is CCCC.Cc1cn(-c2ccc(Cc3nc4cc(CN5C[C@@H](C)N[C@@H](C)C5)c(Cl)cc4c(=O)[nH]3)cn2)nc1C. The molecule has 208 valence electrons. The quantitative estimate of drug-likeness (QED) is 0.337. The molecule has 1 aromatic carbocycles. The van der Waals surface area contributed by atoms with Gasteiger partial charge in [0, 0.05) is 55.6 Å². The molecule has 0 unspecified atom stereocenters. The molecule has 1 saturated heterocycles. The lowest BCUT2D eigenvalue weighted by atomic mass is 10.1. The lowest BCUT2D eigenvalue weighted by molar-refractivity contribution is 0.166. The van der Waals surface area contributed by atoms with Crippen LogP contribution in [0.25, 0.3) is 16.7 Å². The van der Waals surface area contributed by atoms with Crippen LogP contribution in [0.2, 0.25) is 5.02 Å². The number of nitrogens with one attached hydrogen (secondary N) is 2. The number of halogens is 1. The predicted octanol–water partition coefficient (Wildman–Crippen LogP) is 5.35. The molecular formula is C30H40ClN7O. The molecule has 1 fully saturated rings. The summed E-state index contributed by atoms with van der Waals surface area (Å²) in [5.74, 6) is 1.35. The Hall–Kier alpha value is -3.07. The van der Waals surface area contributed by atoms with Crippen LogP contribution >= 0.6 is 11.6 Å². The summed E-state index contributed by atoms with van der Waals surface area (Å²) in [5.41, 5.74) is 4.51. The highest BCUT2D eigenvalue weighted by Gasteiger charge is 2.22. The lowest BCUT2D eigenvalue weighted by Gasteiger charge is -2.36. The van der Waals surface area contributed by atoms with E-state index in [4.69, 9.17) is 16.6 Å². The van der Waals surface area contributed by atoms with E-state index in [9.17, 15) is 4.79 Å². The van der Waals surface area contributed by atoms with Crippen LogP contribution in [0.15, 0.2) is 41.5 Å². The van der Waals surface area contributed by atoms with Crippen molar-refractivity contribution in [2.75, 3.05) is 13.1 Å². The number of benzene rings is 1. The third kappa shape index (κ3) is 7.32. The van der Waals surface area contributed by atoms with Crippen molar-refractivity contribution >= 4 is 22.5 Å². The van der Waals surface area contributed by atoms with E-state index in [0.29, 0.717) is 40.3 Å². The summed E-state index contributed by atoms with van der Waals surface area (Å²) < 4.78 is 1.77. The standard InChI is InChI=1S/C26H30ClN7O.C4H10/c1-15-11-34(32-18(15)4)25-6-5-19(10-28-25)7-24-30-23-8-20(22(27)9-21(23)26(35)31-24)14-33-12-16(2)29-17(3)13-33;1-3-4-2/h5-6,8-11,16-17,29H,7,12-14H2,1-4H3,(H,30,31,35);3-4H2,1-2H3/t16-,17+;. The van der Waals surface area contributed by atoms with Crippen LogP contribution in [0.5, 0.6) is 0 Å². The maximum absolute atomic E-state index is 12.8. The van der Waals surface area contributed by atoms with Crippen molar-refractivity contribution in [3.63, 3.8) is 0 Å². The molecular weight excluding hydrogens is 510 g/mol. The Labute approximate surface area is 235 Å². The van der Waals surface area contributed by atoms with E-state index in [1.54, 1.807) is 16.9 Å². The molecule has 0 radical (unpaired) electrons. The van der Waals surface area contributed by atoms with Crippen molar-refractivity contribution in [3.05, 3.63) is 80.2 Å². The molecule has 39 heavy (non-hydrogen) atoms. The number of aryl methyl sites for hydroxylation is 2. The number of rotatable bonds is 6. The molecule has 5 rings (SSSR count). The van der Waals surface area contributed by atoms with Gasteiger partial charge in [0.2, 0.25) is 0 Å². The lowest BCUT2D eigenvalue weighted by Crippen LogP contribution is -2.53. The average molecular weight is 550 g/mol. The molecule has 0 amide bonds. The van der Waals surface area contributed by atoms with Crippen LogP contribution in [-0.4, -0.2) is 54.8 Å². The van der Waals surface area contributed by atoms with Crippen molar-refractivity contribution in [1.29, 1.82) is 0 Å². The molecule has 4 heterocycles. The number of pyridine rings is 1. The molecule has 4 aromatic rings. The summed E-state index contributed by atoms with van der Waals surface area (Å²) in [6.07, 6.45) is 6.87. The Kier molecular flexibility index (Phi) is 9.53. The number of hydrogen-bond donors (Lipinski definition) is 2. The monoisotopic (exact) mass is 549 g/mol. The number of aromatic amines is 1. The average Bonchev–Trinajstić information content (AvgIpc) is 3.23. The Balaban J connectivity index is 0.000000826. The van der Waals surface area contributed by atoms with E-state index < -0.39 is 0 Å². The second kappa shape index (κ2) is 12.9. The van der Waals surface area contributed by atoms with E-state index >= 15 is 0 Å². The molecule has 3 aromatic heterocycles. The summed E-state index contributed by atoms with van der Waals surface area (Å²) in [6.45, 7) is 15.4. The Morgan fingerprint density at radius 2 is 1.79 bits per heavy atom. The van der Waals surface area contributed by atoms with Gasteiger partial charge in [-0.1, -0.05) is 44.4 Å². The van der Waals surface area contributed by atoms with Gasteiger partial charge in [-0.2, -0.15) is 5.10 Å². The summed E-state index contributed by atoms with van der Waals surface area (Å²) in [7, 11) is 0. The minimum absolute atomic E-state index is 0.185. The van der Waals surface area contributed by atoms with Gasteiger partial charge >= 0.3 is 0 Å². The molecule has 0 bridgehead atoms. The van der Waals surface area contributed by atoms with Gasteiger partial charge in [-0.25, -0.2) is 14.6 Å². The third-order valence-electron chi connectivity index (χ3n) is 7.01. The number of fused-ring (bicyclic) bond motifs is 1. The summed E-state index contributed by atoms with van der Waals surface area (Å²) in [4.78, 5) is 27.4. The molecule has 0 spiro atoms. The first-order valence-electron chi connectivity index (χ1n) is 13.8. The van der Waals surface area contributed by atoms with Crippen LogP contribution in [-0.2, 0) is 13.0 Å². The molecule has 0 saturated carbocycles. The fourth-order valence-electron chi connectivity index (χ4n) is 4.78. The van der Waals surface area contributed by atoms with Gasteiger partial charge in [0.15, 0.2) is 5.82 Å². The van der Waals surface area contributed by atoms with Gasteiger partial charge in [-0.15, -0.1) is 0 Å². The van der Waals surface area contributed by atoms with Gasteiger partial charge < -0.3 is 10.3 Å². The highest BCUT2D eigenvalue weighted by atomic mass is 35.5. The van der Waals surface area contributed by atoms with E-state index in [0.717, 1.165) is 47.8 Å². The number of unbranched alkanes of at least 4 members (excludes halogenated alkanes) is 1. The summed E-state index contributed by atoms with van der Waals surface area (Å²) in [5, 5.41) is 9.13. The van der Waals surface area contributed by atoms with Gasteiger partial charge in [0.25, 0.3) is 5.56 Å². The minimum atomic E-state index is -0.185. The fourth-order valence-corrected chi connectivity index (χ4v) is 5.00. The third-order valence-corrected chi connectivity index (χ3v) is 7.36. The van der Waals surface area contributed by atoms with Crippen molar-refractivity contribution in [2.45, 2.75) is 79.4 Å². The Bertz CT molecular complexity index is 1430. The highest BCUT2D eigenvalue weighted by molar-refractivity contribution is 6.32. The molecule has 1 aliphatic rings. The first kappa shape index (κ1) is 28.9. The van der Waals surface area contributed by atoms with Gasteiger partial charge in [-0.05, 0) is 62.6 Å². The first-order valence-corrected chi connectivity index (χ1v) is 14.2. The minimum Gasteiger partial charge on any atom is -0.310 e. The molecule has 9 heteroatoms. The van der Waals surface area contributed by atoms with Crippen LogP contribution in [0.3, 0.4) is 0 Å². The summed E-state index contributed by atoms with van der Waals surface area (Å²) >= 11 is 6.58. The van der Waals surface area contributed by atoms with E-state index in [1.165, 1.54) is 12.8 Å². The van der Waals surface area contributed by atoms with E-state index in [1.807, 2.05) is 38.2 Å². The van der Waals surface area contributed by atoms with E-state index in [-0.39, 0.29) is 5.56 Å². The number of aromatic nitrogens is 5. The zero-order valence-corrected chi connectivity index (χ0v) is 24.6. The van der Waals surface area contributed by atoms with Crippen LogP contribution in [0.1, 0.15) is 68.7 Å². The Morgan fingerprint density at radius 3 is 2.38 bits per heavy atom. The van der Waals surface area contributed by atoms with Gasteiger partial charge in [0.05, 0.1) is 16.6 Å². The number of hydrogen-bond acceptors (Lipinski definition) is 6. The smallest absolute Gasteiger partial charge is 0.258 e. The van der Waals surface area contributed by atoms with Crippen LogP contribution in [0, 0.1) is 13.8 Å². The fraction of sp³-hybridized carbons (Fsp3) is 0.467. The van der Waals surface area contributed by atoms with Crippen molar-refractivity contribution in [3.8, 4) is 5.82 Å². The van der Waals surface area contributed by atoms with E-state index in [2.05, 4.69) is 53.0 Å². The van der Waals surface area contributed by atoms with Gasteiger partial charge in [-0.3, -0.25) is 9.69 Å². The number of piperazine rings is 1.